The van der Waals surface area contributed by atoms with Gasteiger partial charge in [-0.25, -0.2) is 0 Å². The number of benzene rings is 1. The molecule has 0 atom stereocenters. The van der Waals surface area contributed by atoms with Crippen molar-refractivity contribution in [2.75, 3.05) is 20.7 Å². The molecular formula is C17H20N2O5. The molecule has 0 saturated heterocycles. The van der Waals surface area contributed by atoms with Gasteiger partial charge in [-0.05, 0) is 38.1 Å². The third-order valence-electron chi connectivity index (χ3n) is 3.61. The monoisotopic (exact) mass is 332 g/mol. The van der Waals surface area contributed by atoms with Crippen molar-refractivity contribution in [2.45, 2.75) is 20.5 Å². The van der Waals surface area contributed by atoms with Crippen LogP contribution in [0.5, 0.6) is 5.75 Å². The molecule has 2 rings (SSSR count). The maximum atomic E-state index is 12.2. The van der Waals surface area contributed by atoms with Crippen LogP contribution >= 0.6 is 0 Å². The Morgan fingerprint density at radius 3 is 2.42 bits per heavy atom. The molecule has 0 radical (unpaired) electrons. The molecular weight excluding hydrogens is 312 g/mol. The highest BCUT2D eigenvalue weighted by molar-refractivity contribution is 5.95. The van der Waals surface area contributed by atoms with E-state index in [1.807, 2.05) is 13.8 Å². The third kappa shape index (κ3) is 4.13. The van der Waals surface area contributed by atoms with Gasteiger partial charge < -0.3 is 18.9 Å². The average molecular weight is 332 g/mol. The molecule has 2 aromatic rings. The van der Waals surface area contributed by atoms with Gasteiger partial charge in [0.1, 0.15) is 24.7 Å². The van der Waals surface area contributed by atoms with Crippen molar-refractivity contribution < 1.29 is 23.6 Å². The molecule has 0 spiro atoms. The van der Waals surface area contributed by atoms with Gasteiger partial charge in [0.25, 0.3) is 5.91 Å². The first-order valence-corrected chi connectivity index (χ1v) is 7.39. The van der Waals surface area contributed by atoms with Crippen LogP contribution < -0.4 is 4.74 Å². The van der Waals surface area contributed by atoms with Gasteiger partial charge in [0.05, 0.1) is 18.4 Å². The molecule has 7 nitrogen and oxygen atoms in total. The van der Waals surface area contributed by atoms with Crippen LogP contribution in [0.1, 0.15) is 27.4 Å². The van der Waals surface area contributed by atoms with E-state index in [9.17, 15) is 9.59 Å². The normalized spacial score (nSPS) is 10.3. The first-order valence-electron chi connectivity index (χ1n) is 7.39. The number of hydrogen-bond acceptors (Lipinski definition) is 6. The highest BCUT2D eigenvalue weighted by Crippen LogP contribution is 2.18. The van der Waals surface area contributed by atoms with Crippen molar-refractivity contribution in [2.24, 2.45) is 0 Å². The highest BCUT2D eigenvalue weighted by atomic mass is 16.5. The van der Waals surface area contributed by atoms with Gasteiger partial charge in [0.15, 0.2) is 0 Å². The van der Waals surface area contributed by atoms with Gasteiger partial charge in [-0.1, -0.05) is 5.16 Å². The van der Waals surface area contributed by atoms with Crippen LogP contribution in [0.2, 0.25) is 0 Å². The number of carbonyl (C=O) groups excluding carboxylic acids is 2. The summed E-state index contributed by atoms with van der Waals surface area (Å²) < 4.78 is 15.3. The molecule has 7 heteroatoms. The number of ether oxygens (including phenoxy) is 2. The topological polar surface area (TPSA) is 81.9 Å². The molecule has 128 valence electrons. The Morgan fingerprint density at radius 1 is 1.21 bits per heavy atom. The van der Waals surface area contributed by atoms with E-state index < -0.39 is 5.97 Å². The van der Waals surface area contributed by atoms with Crippen LogP contribution in [0.15, 0.2) is 28.8 Å². The smallest absolute Gasteiger partial charge is 0.325 e. The molecule has 1 heterocycles. The van der Waals surface area contributed by atoms with E-state index in [-0.39, 0.29) is 12.5 Å². The molecule has 1 aromatic heterocycles. The van der Waals surface area contributed by atoms with Gasteiger partial charge in [-0.15, -0.1) is 0 Å². The standard InChI is InChI=1S/C17H20N2O5/c1-11-15(12(2)24-18-11)10-23-14-7-5-13(6-8-14)17(21)19(3)9-16(20)22-4/h5-8H,9-10H2,1-4H3. The van der Waals surface area contributed by atoms with E-state index in [0.29, 0.717) is 17.9 Å². The summed E-state index contributed by atoms with van der Waals surface area (Å²) in [6.07, 6.45) is 0. The number of hydrogen-bond donors (Lipinski definition) is 0. The van der Waals surface area contributed by atoms with Gasteiger partial charge >= 0.3 is 5.97 Å². The fraction of sp³-hybridized carbons (Fsp3) is 0.353. The van der Waals surface area contributed by atoms with Crippen LogP contribution in [0.3, 0.4) is 0 Å². The summed E-state index contributed by atoms with van der Waals surface area (Å²) >= 11 is 0. The van der Waals surface area contributed by atoms with Gasteiger partial charge in [0, 0.05) is 12.6 Å². The Balaban J connectivity index is 1.97. The summed E-state index contributed by atoms with van der Waals surface area (Å²) in [4.78, 5) is 24.7. The number of aromatic nitrogens is 1. The largest absolute Gasteiger partial charge is 0.489 e. The van der Waals surface area contributed by atoms with Crippen molar-refractivity contribution in [3.8, 4) is 5.75 Å². The van der Waals surface area contributed by atoms with Crippen molar-refractivity contribution >= 4 is 11.9 Å². The van der Waals surface area contributed by atoms with Crippen molar-refractivity contribution in [1.82, 2.24) is 10.1 Å². The highest BCUT2D eigenvalue weighted by Gasteiger charge is 2.15. The minimum absolute atomic E-state index is 0.0976. The van der Waals surface area contributed by atoms with E-state index in [1.165, 1.54) is 12.0 Å². The molecule has 1 amide bonds. The summed E-state index contributed by atoms with van der Waals surface area (Å²) in [7, 11) is 2.83. The first kappa shape index (κ1) is 17.5. The molecule has 0 saturated carbocycles. The van der Waals surface area contributed by atoms with E-state index in [4.69, 9.17) is 9.26 Å². The number of nitrogens with zero attached hydrogens (tertiary/aromatic N) is 2. The van der Waals surface area contributed by atoms with Crippen LogP contribution in [0.4, 0.5) is 0 Å². The predicted octanol–water partition coefficient (Wildman–Crippen LogP) is 2.12. The van der Waals surface area contributed by atoms with Gasteiger partial charge in [0.2, 0.25) is 0 Å². The van der Waals surface area contributed by atoms with Gasteiger partial charge in [-0.3, -0.25) is 9.59 Å². The fourth-order valence-electron chi connectivity index (χ4n) is 2.11. The summed E-state index contributed by atoms with van der Waals surface area (Å²) in [5.41, 5.74) is 2.17. The molecule has 24 heavy (non-hydrogen) atoms. The van der Waals surface area contributed by atoms with Crippen molar-refractivity contribution in [3.05, 3.63) is 46.8 Å². The summed E-state index contributed by atoms with van der Waals surface area (Å²) in [5, 5.41) is 3.87. The quantitative estimate of drug-likeness (QED) is 0.754. The molecule has 0 N–H and O–H groups in total. The zero-order valence-corrected chi connectivity index (χ0v) is 14.2. The zero-order chi connectivity index (χ0) is 17.7. The summed E-state index contributed by atoms with van der Waals surface area (Å²) in [6.45, 7) is 3.93. The number of rotatable bonds is 6. The molecule has 0 aliphatic carbocycles. The lowest BCUT2D eigenvalue weighted by Crippen LogP contribution is -2.32. The second-order valence-electron chi connectivity index (χ2n) is 5.35. The third-order valence-corrected chi connectivity index (χ3v) is 3.61. The second-order valence-corrected chi connectivity index (χ2v) is 5.35. The number of aryl methyl sites for hydroxylation is 2. The lowest BCUT2D eigenvalue weighted by atomic mass is 10.2. The SMILES string of the molecule is COC(=O)CN(C)C(=O)c1ccc(OCc2c(C)noc2C)cc1. The number of esters is 1. The molecule has 1 aromatic carbocycles. The van der Waals surface area contributed by atoms with E-state index in [0.717, 1.165) is 17.0 Å². The van der Waals surface area contributed by atoms with E-state index in [2.05, 4.69) is 9.89 Å². The summed E-state index contributed by atoms with van der Waals surface area (Å²) in [6, 6.07) is 6.71. The van der Waals surface area contributed by atoms with E-state index >= 15 is 0 Å². The Kier molecular flexibility index (Phi) is 5.57. The van der Waals surface area contributed by atoms with Crippen LogP contribution in [0, 0.1) is 13.8 Å². The second kappa shape index (κ2) is 7.63. The molecule has 0 aliphatic heterocycles. The van der Waals surface area contributed by atoms with Crippen molar-refractivity contribution in [1.29, 1.82) is 0 Å². The average Bonchev–Trinajstić information content (AvgIpc) is 2.90. The maximum absolute atomic E-state index is 12.2. The number of amides is 1. The van der Waals surface area contributed by atoms with Crippen LogP contribution in [-0.4, -0.2) is 42.6 Å². The molecule has 0 aliphatic rings. The van der Waals surface area contributed by atoms with Crippen LogP contribution in [-0.2, 0) is 16.1 Å². The number of methoxy groups -OCH3 is 1. The molecule has 0 fully saturated rings. The van der Waals surface area contributed by atoms with Crippen molar-refractivity contribution in [3.63, 3.8) is 0 Å². The number of likely N-dealkylation sites (N-methyl/N-ethyl adjacent to an activating group) is 1. The Labute approximate surface area is 140 Å². The maximum Gasteiger partial charge on any atom is 0.325 e. The number of carbonyl (C=O) groups is 2. The molecule has 0 unspecified atom stereocenters. The zero-order valence-electron chi connectivity index (χ0n) is 14.2. The minimum atomic E-state index is -0.467. The van der Waals surface area contributed by atoms with Gasteiger partial charge in [-0.2, -0.15) is 0 Å². The Morgan fingerprint density at radius 2 is 1.88 bits per heavy atom. The predicted molar refractivity (Wildman–Crippen MR) is 85.7 cm³/mol. The fourth-order valence-corrected chi connectivity index (χ4v) is 2.11. The Hall–Kier alpha value is -2.83. The Bertz CT molecular complexity index is 702. The van der Waals surface area contributed by atoms with Crippen LogP contribution in [0.25, 0.3) is 0 Å². The minimum Gasteiger partial charge on any atom is -0.489 e. The summed E-state index contributed by atoms with van der Waals surface area (Å²) in [5.74, 6) is 0.619. The molecule has 0 bridgehead atoms. The lowest BCUT2D eigenvalue weighted by molar-refractivity contribution is -0.141. The first-order chi connectivity index (χ1) is 11.4. The van der Waals surface area contributed by atoms with E-state index in [1.54, 1.807) is 31.3 Å². The lowest BCUT2D eigenvalue weighted by Gasteiger charge is -2.15.